The Balaban J connectivity index is 1.62. The van der Waals surface area contributed by atoms with Crippen molar-refractivity contribution in [2.24, 2.45) is 5.92 Å². The highest BCUT2D eigenvalue weighted by Gasteiger charge is 2.22. The van der Waals surface area contributed by atoms with Crippen molar-refractivity contribution in [3.8, 4) is 0 Å². The SMILES string of the molecule is CCC(NC(=O)Nc1cccc(C(=O)N2CCC(C)CC2)c1)c1nc(C)no1. The standard InChI is InChI=1S/C20H27N5O3/c1-4-17(18-21-14(3)24-28-18)23-20(27)22-16-7-5-6-15(12-16)19(26)25-10-8-13(2)9-11-25/h5-7,12-13,17H,4,8-11H2,1-3H3,(H2,22,23,27). The van der Waals surface area contributed by atoms with Crippen molar-refractivity contribution in [1.82, 2.24) is 20.4 Å². The highest BCUT2D eigenvalue weighted by Crippen LogP contribution is 2.20. The quantitative estimate of drug-likeness (QED) is 0.820. The second-order valence-corrected chi connectivity index (χ2v) is 7.29. The number of aryl methyl sites for hydroxylation is 1. The average Bonchev–Trinajstić information content (AvgIpc) is 3.12. The number of benzene rings is 1. The number of aromatic nitrogens is 2. The van der Waals surface area contributed by atoms with Gasteiger partial charge in [0, 0.05) is 24.3 Å². The van der Waals surface area contributed by atoms with E-state index in [1.54, 1.807) is 31.2 Å². The maximum atomic E-state index is 12.7. The van der Waals surface area contributed by atoms with Crippen molar-refractivity contribution in [1.29, 1.82) is 0 Å². The van der Waals surface area contributed by atoms with E-state index in [0.29, 0.717) is 35.3 Å². The molecule has 3 amide bonds. The molecule has 0 aliphatic carbocycles. The zero-order valence-corrected chi connectivity index (χ0v) is 16.6. The Morgan fingerprint density at radius 1 is 1.32 bits per heavy atom. The predicted molar refractivity (Wildman–Crippen MR) is 105 cm³/mol. The van der Waals surface area contributed by atoms with E-state index < -0.39 is 0 Å². The average molecular weight is 385 g/mol. The lowest BCUT2D eigenvalue weighted by molar-refractivity contribution is 0.0697. The lowest BCUT2D eigenvalue weighted by Crippen LogP contribution is -2.38. The molecule has 0 spiro atoms. The van der Waals surface area contributed by atoms with E-state index in [4.69, 9.17) is 4.52 Å². The molecule has 8 heteroatoms. The summed E-state index contributed by atoms with van der Waals surface area (Å²) < 4.78 is 5.14. The third kappa shape index (κ3) is 4.88. The van der Waals surface area contributed by atoms with Crippen LogP contribution in [0.3, 0.4) is 0 Å². The van der Waals surface area contributed by atoms with Crippen LogP contribution in [0.15, 0.2) is 28.8 Å². The van der Waals surface area contributed by atoms with E-state index in [-0.39, 0.29) is 18.0 Å². The molecular formula is C20H27N5O3. The Hall–Kier alpha value is -2.90. The van der Waals surface area contributed by atoms with Crippen LogP contribution in [0.25, 0.3) is 0 Å². The summed E-state index contributed by atoms with van der Waals surface area (Å²) in [5.74, 6) is 1.56. The molecule has 1 aliphatic rings. The number of piperidine rings is 1. The largest absolute Gasteiger partial charge is 0.339 e. The summed E-state index contributed by atoms with van der Waals surface area (Å²) in [7, 11) is 0. The van der Waals surface area contributed by atoms with Crippen LogP contribution < -0.4 is 10.6 Å². The summed E-state index contributed by atoms with van der Waals surface area (Å²) in [6.45, 7) is 7.42. The Bertz CT molecular complexity index is 827. The summed E-state index contributed by atoms with van der Waals surface area (Å²) in [5, 5.41) is 9.35. The zero-order chi connectivity index (χ0) is 20.1. The summed E-state index contributed by atoms with van der Waals surface area (Å²) in [4.78, 5) is 31.1. The van der Waals surface area contributed by atoms with Crippen LogP contribution in [0.4, 0.5) is 10.5 Å². The molecule has 1 aromatic heterocycles. The molecule has 28 heavy (non-hydrogen) atoms. The van der Waals surface area contributed by atoms with Crippen molar-refractivity contribution in [2.75, 3.05) is 18.4 Å². The molecule has 0 bridgehead atoms. The van der Waals surface area contributed by atoms with Gasteiger partial charge in [0.2, 0.25) is 5.89 Å². The first kappa shape index (κ1) is 19.9. The third-order valence-corrected chi connectivity index (χ3v) is 4.99. The molecule has 2 N–H and O–H groups in total. The number of anilines is 1. The molecule has 0 saturated carbocycles. The second-order valence-electron chi connectivity index (χ2n) is 7.29. The number of nitrogens with one attached hydrogen (secondary N) is 2. The third-order valence-electron chi connectivity index (χ3n) is 4.99. The van der Waals surface area contributed by atoms with E-state index in [0.717, 1.165) is 25.9 Å². The van der Waals surface area contributed by atoms with Gasteiger partial charge in [-0.1, -0.05) is 25.1 Å². The van der Waals surface area contributed by atoms with E-state index >= 15 is 0 Å². The molecule has 1 aliphatic heterocycles. The topological polar surface area (TPSA) is 100 Å². The van der Waals surface area contributed by atoms with Crippen LogP contribution in [0, 0.1) is 12.8 Å². The molecule has 1 fully saturated rings. The Kier molecular flexibility index (Phi) is 6.28. The predicted octanol–water partition coefficient (Wildman–Crippen LogP) is 3.52. The maximum absolute atomic E-state index is 12.7. The van der Waals surface area contributed by atoms with E-state index in [1.165, 1.54) is 0 Å². The summed E-state index contributed by atoms with van der Waals surface area (Å²) in [5.41, 5.74) is 1.14. The number of likely N-dealkylation sites (tertiary alicyclic amines) is 1. The fourth-order valence-corrected chi connectivity index (χ4v) is 3.24. The number of carbonyl (C=O) groups is 2. The highest BCUT2D eigenvalue weighted by molar-refractivity contribution is 5.97. The summed E-state index contributed by atoms with van der Waals surface area (Å²) in [6, 6.07) is 6.25. The van der Waals surface area contributed by atoms with Crippen LogP contribution >= 0.6 is 0 Å². The number of hydrogen-bond acceptors (Lipinski definition) is 5. The molecule has 2 heterocycles. The van der Waals surface area contributed by atoms with Gasteiger partial charge < -0.3 is 20.1 Å². The molecular weight excluding hydrogens is 358 g/mol. The lowest BCUT2D eigenvalue weighted by atomic mass is 9.98. The van der Waals surface area contributed by atoms with Crippen LogP contribution in [-0.2, 0) is 0 Å². The van der Waals surface area contributed by atoms with Gasteiger partial charge >= 0.3 is 6.03 Å². The minimum Gasteiger partial charge on any atom is -0.339 e. The molecule has 150 valence electrons. The fraction of sp³-hybridized carbons (Fsp3) is 0.500. The molecule has 0 radical (unpaired) electrons. The number of hydrogen-bond donors (Lipinski definition) is 2. The maximum Gasteiger partial charge on any atom is 0.319 e. The van der Waals surface area contributed by atoms with E-state index in [1.807, 2.05) is 11.8 Å². The van der Waals surface area contributed by atoms with E-state index in [9.17, 15) is 9.59 Å². The molecule has 8 nitrogen and oxygen atoms in total. The van der Waals surface area contributed by atoms with Crippen molar-refractivity contribution < 1.29 is 14.1 Å². The fourth-order valence-electron chi connectivity index (χ4n) is 3.24. The van der Waals surface area contributed by atoms with Gasteiger partial charge in [0.1, 0.15) is 6.04 Å². The van der Waals surface area contributed by atoms with Crippen LogP contribution in [-0.4, -0.2) is 40.1 Å². The molecule has 2 aromatic rings. The van der Waals surface area contributed by atoms with Crippen molar-refractivity contribution in [2.45, 2.75) is 46.1 Å². The summed E-state index contributed by atoms with van der Waals surface area (Å²) >= 11 is 0. The van der Waals surface area contributed by atoms with Crippen molar-refractivity contribution in [3.63, 3.8) is 0 Å². The number of nitrogens with zero attached hydrogens (tertiary/aromatic N) is 3. The monoisotopic (exact) mass is 385 g/mol. The van der Waals surface area contributed by atoms with Gasteiger partial charge in [0.15, 0.2) is 5.82 Å². The normalized spacial score (nSPS) is 15.9. The second kappa shape index (κ2) is 8.86. The van der Waals surface area contributed by atoms with Gasteiger partial charge in [-0.3, -0.25) is 4.79 Å². The van der Waals surface area contributed by atoms with Gasteiger partial charge in [-0.2, -0.15) is 4.98 Å². The lowest BCUT2D eigenvalue weighted by Gasteiger charge is -2.30. The van der Waals surface area contributed by atoms with Crippen molar-refractivity contribution in [3.05, 3.63) is 41.5 Å². The number of amides is 3. The van der Waals surface area contributed by atoms with Crippen LogP contribution in [0.2, 0.25) is 0 Å². The van der Waals surface area contributed by atoms with Gasteiger partial charge in [0.05, 0.1) is 0 Å². The first-order valence-corrected chi connectivity index (χ1v) is 9.73. The minimum atomic E-state index is -0.390. The van der Waals surface area contributed by atoms with Gasteiger partial charge in [-0.05, 0) is 50.3 Å². The van der Waals surface area contributed by atoms with Crippen LogP contribution in [0.1, 0.15) is 61.2 Å². The van der Waals surface area contributed by atoms with Crippen LogP contribution in [0.5, 0.6) is 0 Å². The molecule has 1 aromatic carbocycles. The molecule has 1 saturated heterocycles. The van der Waals surface area contributed by atoms with Gasteiger partial charge in [0.25, 0.3) is 5.91 Å². The summed E-state index contributed by atoms with van der Waals surface area (Å²) in [6.07, 6.45) is 2.67. The number of rotatable bonds is 5. The Labute approximate surface area is 164 Å². The first-order valence-electron chi connectivity index (χ1n) is 9.73. The highest BCUT2D eigenvalue weighted by atomic mass is 16.5. The van der Waals surface area contributed by atoms with Crippen molar-refractivity contribution >= 4 is 17.6 Å². The Morgan fingerprint density at radius 2 is 2.07 bits per heavy atom. The molecule has 1 atom stereocenters. The minimum absolute atomic E-state index is 0.00345. The van der Waals surface area contributed by atoms with Gasteiger partial charge in [-0.25, -0.2) is 4.79 Å². The van der Waals surface area contributed by atoms with E-state index in [2.05, 4.69) is 27.7 Å². The molecule has 1 unspecified atom stereocenters. The first-order chi connectivity index (χ1) is 13.5. The van der Waals surface area contributed by atoms with Gasteiger partial charge in [-0.15, -0.1) is 0 Å². The number of urea groups is 1. The number of carbonyl (C=O) groups excluding carboxylic acids is 2. The Morgan fingerprint density at radius 3 is 2.71 bits per heavy atom. The molecule has 3 rings (SSSR count). The zero-order valence-electron chi connectivity index (χ0n) is 16.6. The smallest absolute Gasteiger partial charge is 0.319 e.